The van der Waals surface area contributed by atoms with Crippen molar-refractivity contribution in [2.24, 2.45) is 0 Å². The molecule has 0 bridgehead atoms. The average Bonchev–Trinajstić information content (AvgIpc) is 2.82. The molecular weight excluding hydrogens is 396 g/mol. The van der Waals surface area contributed by atoms with Crippen LogP contribution in [0.2, 0.25) is 0 Å². The Morgan fingerprint density at radius 1 is 0.677 bits per heavy atom. The Labute approximate surface area is 179 Å². The number of rotatable bonds is 4. The average molecular weight is 418 g/mol. The third-order valence-corrected chi connectivity index (χ3v) is 4.84. The molecule has 0 amide bonds. The van der Waals surface area contributed by atoms with Crippen LogP contribution < -0.4 is 0 Å². The Kier molecular flexibility index (Phi) is 6.97. The van der Waals surface area contributed by atoms with E-state index < -0.39 is 24.1 Å². The minimum absolute atomic E-state index is 0.404. The maximum Gasteiger partial charge on any atom is 0.339 e. The summed E-state index contributed by atoms with van der Waals surface area (Å²) >= 11 is 0. The van der Waals surface area contributed by atoms with Crippen molar-refractivity contribution in [1.82, 2.24) is 0 Å². The standard InChI is InChI=1S/C13H12O3.C12H10O3/c1-16-13(15)12(14)11-7-6-9-4-2-3-5-10(9)8-11;13-11(12(14)15)10-6-5-8-3-1-2-4-9(8)7-10/h2-8,12,14H,1H3;1-7,11,13H,(H,14,15). The van der Waals surface area contributed by atoms with Crippen LogP contribution in [0.15, 0.2) is 84.9 Å². The lowest BCUT2D eigenvalue weighted by Gasteiger charge is -2.09. The molecule has 0 saturated carbocycles. The number of carboxylic acids is 1. The molecule has 0 aliphatic heterocycles. The lowest BCUT2D eigenvalue weighted by Crippen LogP contribution is -2.13. The number of carbonyl (C=O) groups is 2. The Balaban J connectivity index is 0.000000176. The molecule has 6 nitrogen and oxygen atoms in total. The quantitative estimate of drug-likeness (QED) is 0.433. The zero-order chi connectivity index (χ0) is 22.4. The van der Waals surface area contributed by atoms with E-state index >= 15 is 0 Å². The van der Waals surface area contributed by atoms with Gasteiger partial charge >= 0.3 is 11.9 Å². The third-order valence-electron chi connectivity index (χ3n) is 4.84. The number of carboxylic acid groups (broad SMARTS) is 1. The largest absolute Gasteiger partial charge is 0.479 e. The van der Waals surface area contributed by atoms with E-state index in [9.17, 15) is 19.8 Å². The fourth-order valence-corrected chi connectivity index (χ4v) is 3.15. The Morgan fingerprint density at radius 2 is 1.10 bits per heavy atom. The molecule has 158 valence electrons. The van der Waals surface area contributed by atoms with E-state index in [0.29, 0.717) is 11.1 Å². The molecule has 2 atom stereocenters. The molecule has 6 heteroatoms. The highest BCUT2D eigenvalue weighted by Crippen LogP contribution is 2.21. The molecule has 4 aromatic carbocycles. The van der Waals surface area contributed by atoms with Gasteiger partial charge in [0.2, 0.25) is 0 Å². The number of aliphatic hydroxyl groups excluding tert-OH is 2. The summed E-state index contributed by atoms with van der Waals surface area (Å²) < 4.78 is 4.49. The molecule has 4 aromatic rings. The molecule has 0 spiro atoms. The fourth-order valence-electron chi connectivity index (χ4n) is 3.15. The maximum atomic E-state index is 11.2. The van der Waals surface area contributed by atoms with Gasteiger partial charge in [-0.05, 0) is 44.8 Å². The van der Waals surface area contributed by atoms with E-state index in [-0.39, 0.29) is 0 Å². The van der Waals surface area contributed by atoms with Crippen molar-refractivity contribution < 1.29 is 29.6 Å². The van der Waals surface area contributed by atoms with Gasteiger partial charge in [0.25, 0.3) is 0 Å². The molecule has 0 saturated heterocycles. The van der Waals surface area contributed by atoms with Gasteiger partial charge in [0, 0.05) is 0 Å². The summed E-state index contributed by atoms with van der Waals surface area (Å²) in [6, 6.07) is 25.9. The minimum Gasteiger partial charge on any atom is -0.479 e. The molecule has 31 heavy (non-hydrogen) atoms. The van der Waals surface area contributed by atoms with Crippen LogP contribution in [-0.4, -0.2) is 34.4 Å². The molecule has 3 N–H and O–H groups in total. The number of ether oxygens (including phenoxy) is 1. The maximum absolute atomic E-state index is 11.2. The van der Waals surface area contributed by atoms with Crippen molar-refractivity contribution in [1.29, 1.82) is 0 Å². The number of esters is 1. The number of carbonyl (C=O) groups excluding carboxylic acids is 1. The molecule has 0 aliphatic rings. The van der Waals surface area contributed by atoms with Gasteiger partial charge in [-0.15, -0.1) is 0 Å². The smallest absolute Gasteiger partial charge is 0.339 e. The van der Waals surface area contributed by atoms with Crippen molar-refractivity contribution in [3.8, 4) is 0 Å². The third kappa shape index (κ3) is 5.25. The van der Waals surface area contributed by atoms with Crippen molar-refractivity contribution in [3.05, 3.63) is 96.1 Å². The van der Waals surface area contributed by atoms with Crippen LogP contribution in [-0.2, 0) is 14.3 Å². The summed E-state index contributed by atoms with van der Waals surface area (Å²) in [6.45, 7) is 0. The van der Waals surface area contributed by atoms with Crippen LogP contribution in [0.3, 0.4) is 0 Å². The molecule has 0 aromatic heterocycles. The molecule has 4 rings (SSSR count). The molecule has 2 unspecified atom stereocenters. The number of hydrogen-bond acceptors (Lipinski definition) is 5. The van der Waals surface area contributed by atoms with Crippen molar-refractivity contribution in [2.75, 3.05) is 7.11 Å². The first kappa shape index (κ1) is 22.0. The van der Waals surface area contributed by atoms with Crippen LogP contribution in [0.25, 0.3) is 21.5 Å². The van der Waals surface area contributed by atoms with Gasteiger partial charge in [-0.25, -0.2) is 9.59 Å². The minimum atomic E-state index is -1.45. The zero-order valence-corrected chi connectivity index (χ0v) is 16.8. The number of methoxy groups -OCH3 is 1. The monoisotopic (exact) mass is 418 g/mol. The van der Waals surface area contributed by atoms with Gasteiger partial charge in [0.15, 0.2) is 12.2 Å². The molecule has 0 heterocycles. The van der Waals surface area contributed by atoms with Crippen LogP contribution in [0.1, 0.15) is 23.3 Å². The van der Waals surface area contributed by atoms with Gasteiger partial charge in [0.05, 0.1) is 7.11 Å². The van der Waals surface area contributed by atoms with E-state index in [1.165, 1.54) is 7.11 Å². The number of aliphatic carboxylic acids is 1. The van der Waals surface area contributed by atoms with Gasteiger partial charge in [-0.1, -0.05) is 72.8 Å². The fraction of sp³-hybridized carbons (Fsp3) is 0.120. The number of benzene rings is 4. The Morgan fingerprint density at radius 3 is 1.52 bits per heavy atom. The predicted octanol–water partition coefficient (Wildman–Crippen LogP) is 4.00. The van der Waals surface area contributed by atoms with Crippen molar-refractivity contribution in [2.45, 2.75) is 12.2 Å². The predicted molar refractivity (Wildman–Crippen MR) is 117 cm³/mol. The van der Waals surface area contributed by atoms with E-state index in [1.807, 2.05) is 54.6 Å². The highest BCUT2D eigenvalue weighted by atomic mass is 16.5. The second-order valence-electron chi connectivity index (χ2n) is 6.88. The summed E-state index contributed by atoms with van der Waals surface area (Å²) in [6.07, 6.45) is -2.66. The zero-order valence-electron chi connectivity index (χ0n) is 16.8. The topological polar surface area (TPSA) is 104 Å². The summed E-state index contributed by atoms with van der Waals surface area (Å²) in [5.41, 5.74) is 0.951. The van der Waals surface area contributed by atoms with Gasteiger partial charge in [0.1, 0.15) is 0 Å². The molecule has 0 fully saturated rings. The first-order valence-corrected chi connectivity index (χ1v) is 9.55. The second-order valence-corrected chi connectivity index (χ2v) is 6.88. The molecular formula is C25H22O6. The normalized spacial score (nSPS) is 12.5. The van der Waals surface area contributed by atoms with E-state index in [2.05, 4.69) is 4.74 Å². The van der Waals surface area contributed by atoms with Gasteiger partial charge in [-0.3, -0.25) is 0 Å². The highest BCUT2D eigenvalue weighted by molar-refractivity contribution is 5.86. The summed E-state index contributed by atoms with van der Waals surface area (Å²) in [4.78, 5) is 21.8. The highest BCUT2D eigenvalue weighted by Gasteiger charge is 2.17. The summed E-state index contributed by atoms with van der Waals surface area (Å²) in [7, 11) is 1.26. The van der Waals surface area contributed by atoms with Crippen molar-refractivity contribution >= 4 is 33.5 Å². The SMILES string of the molecule is COC(=O)C(O)c1ccc2ccccc2c1.O=C(O)C(O)c1ccc2ccccc2c1. The molecule has 0 radical (unpaired) electrons. The molecule has 0 aliphatic carbocycles. The number of hydrogen-bond donors (Lipinski definition) is 3. The van der Waals surface area contributed by atoms with Crippen LogP contribution in [0.5, 0.6) is 0 Å². The van der Waals surface area contributed by atoms with E-state index in [4.69, 9.17) is 5.11 Å². The van der Waals surface area contributed by atoms with Crippen LogP contribution in [0, 0.1) is 0 Å². The van der Waals surface area contributed by atoms with Gasteiger partial charge in [-0.2, -0.15) is 0 Å². The van der Waals surface area contributed by atoms with Crippen LogP contribution >= 0.6 is 0 Å². The van der Waals surface area contributed by atoms with Crippen molar-refractivity contribution in [3.63, 3.8) is 0 Å². The van der Waals surface area contributed by atoms with Gasteiger partial charge < -0.3 is 20.1 Å². The number of aliphatic hydroxyl groups is 2. The Bertz CT molecular complexity index is 1220. The van der Waals surface area contributed by atoms with E-state index in [0.717, 1.165) is 21.5 Å². The Hall–Kier alpha value is -3.74. The van der Waals surface area contributed by atoms with E-state index in [1.54, 1.807) is 30.3 Å². The van der Waals surface area contributed by atoms with Crippen LogP contribution in [0.4, 0.5) is 0 Å². The number of fused-ring (bicyclic) bond motifs is 2. The lowest BCUT2D eigenvalue weighted by atomic mass is 10.0. The first-order chi connectivity index (χ1) is 14.9. The second kappa shape index (κ2) is 9.84. The summed E-state index contributed by atoms with van der Waals surface area (Å²) in [5.74, 6) is -1.87. The first-order valence-electron chi connectivity index (χ1n) is 9.55. The summed E-state index contributed by atoms with van der Waals surface area (Å²) in [5, 5.41) is 31.7. The lowest BCUT2D eigenvalue weighted by molar-refractivity contribution is -0.150.